The number of carbonyl (C=O) groups is 2. The summed E-state index contributed by atoms with van der Waals surface area (Å²) in [7, 11) is 1.51. The van der Waals surface area contributed by atoms with Crippen LogP contribution < -0.4 is 14.4 Å². The van der Waals surface area contributed by atoms with Gasteiger partial charge in [-0.05, 0) is 43.3 Å². The quantitative estimate of drug-likeness (QED) is 0.302. The highest BCUT2D eigenvalue weighted by Gasteiger charge is 2.48. The molecule has 0 aliphatic carbocycles. The van der Waals surface area contributed by atoms with Gasteiger partial charge < -0.3 is 14.6 Å². The van der Waals surface area contributed by atoms with Crippen LogP contribution >= 0.6 is 11.6 Å². The third-order valence-electron chi connectivity index (χ3n) is 5.42. The van der Waals surface area contributed by atoms with Crippen LogP contribution in [0.2, 0.25) is 5.02 Å². The number of benzene rings is 3. The summed E-state index contributed by atoms with van der Waals surface area (Å²) in [6.45, 7) is 2.25. The summed E-state index contributed by atoms with van der Waals surface area (Å²) in [4.78, 5) is 27.9. The highest BCUT2D eigenvalue weighted by molar-refractivity contribution is 6.52. The van der Waals surface area contributed by atoms with E-state index in [2.05, 4.69) is 0 Å². The number of aliphatic hydroxyl groups is 1. The first-order valence-electron chi connectivity index (χ1n) is 10.4. The lowest BCUT2D eigenvalue weighted by atomic mass is 9.94. The van der Waals surface area contributed by atoms with Gasteiger partial charge in [0.1, 0.15) is 17.3 Å². The minimum Gasteiger partial charge on any atom is -0.507 e. The van der Waals surface area contributed by atoms with Crippen molar-refractivity contribution in [1.29, 1.82) is 0 Å². The van der Waals surface area contributed by atoms with E-state index in [9.17, 15) is 14.7 Å². The van der Waals surface area contributed by atoms with Crippen LogP contribution in [0, 0.1) is 0 Å². The van der Waals surface area contributed by atoms with Crippen molar-refractivity contribution in [2.45, 2.75) is 13.0 Å². The lowest BCUT2D eigenvalue weighted by Gasteiger charge is -2.26. The van der Waals surface area contributed by atoms with Crippen molar-refractivity contribution in [3.05, 3.63) is 94.5 Å². The molecule has 0 bridgehead atoms. The Kier molecular flexibility index (Phi) is 6.38. The van der Waals surface area contributed by atoms with Crippen LogP contribution in [0.5, 0.6) is 11.5 Å². The second-order valence-electron chi connectivity index (χ2n) is 7.32. The first-order valence-corrected chi connectivity index (χ1v) is 10.8. The first-order chi connectivity index (χ1) is 16.0. The maximum Gasteiger partial charge on any atom is 0.300 e. The number of amides is 1. The van der Waals surface area contributed by atoms with E-state index in [0.717, 1.165) is 0 Å². The van der Waals surface area contributed by atoms with Gasteiger partial charge in [0.2, 0.25) is 0 Å². The van der Waals surface area contributed by atoms with Crippen molar-refractivity contribution in [3.8, 4) is 11.5 Å². The number of aliphatic hydroxyl groups excluding tert-OH is 1. The van der Waals surface area contributed by atoms with E-state index in [1.165, 1.54) is 12.0 Å². The zero-order valence-corrected chi connectivity index (χ0v) is 18.9. The van der Waals surface area contributed by atoms with E-state index in [0.29, 0.717) is 29.4 Å². The number of para-hydroxylation sites is 2. The normalized spacial score (nSPS) is 17.3. The number of ketones is 1. The van der Waals surface area contributed by atoms with Crippen molar-refractivity contribution in [3.63, 3.8) is 0 Å². The van der Waals surface area contributed by atoms with E-state index >= 15 is 0 Å². The Morgan fingerprint density at radius 2 is 1.73 bits per heavy atom. The Balaban J connectivity index is 1.99. The van der Waals surface area contributed by atoms with E-state index in [1.807, 2.05) is 13.0 Å². The number of nitrogens with zero attached hydrogens (tertiary/aromatic N) is 1. The van der Waals surface area contributed by atoms with Gasteiger partial charge in [-0.25, -0.2) is 0 Å². The summed E-state index contributed by atoms with van der Waals surface area (Å²) >= 11 is 6.38. The molecular weight excluding hydrogens is 442 g/mol. The average molecular weight is 464 g/mol. The Morgan fingerprint density at radius 1 is 1.03 bits per heavy atom. The summed E-state index contributed by atoms with van der Waals surface area (Å²) in [5.41, 5.74) is 1.20. The molecule has 6 nitrogen and oxygen atoms in total. The molecule has 4 rings (SSSR count). The predicted octanol–water partition coefficient (Wildman–Crippen LogP) is 5.37. The molecule has 1 N–H and O–H groups in total. The number of anilines is 1. The molecule has 1 amide bonds. The molecule has 1 saturated heterocycles. The standard InChI is InChI=1S/C26H22ClNO5/c1-3-33-17-13-14-20(27)19(15-17)24(29)22-23(18-11-7-8-12-21(18)32-2)28(26(31)25(22)30)16-9-5-4-6-10-16/h4-15,23,29H,3H2,1-2H3/b24-22+. The molecule has 168 valence electrons. The lowest BCUT2D eigenvalue weighted by Crippen LogP contribution is -2.29. The van der Waals surface area contributed by atoms with Crippen LogP contribution in [-0.2, 0) is 9.59 Å². The molecule has 1 aliphatic rings. The van der Waals surface area contributed by atoms with E-state index < -0.39 is 17.7 Å². The third-order valence-corrected chi connectivity index (χ3v) is 5.75. The van der Waals surface area contributed by atoms with Gasteiger partial charge in [-0.2, -0.15) is 0 Å². The monoisotopic (exact) mass is 463 g/mol. The number of halogens is 1. The molecule has 1 aliphatic heterocycles. The molecule has 1 unspecified atom stereocenters. The van der Waals surface area contributed by atoms with Gasteiger partial charge >= 0.3 is 0 Å². The summed E-state index contributed by atoms with van der Waals surface area (Å²) < 4.78 is 11.0. The van der Waals surface area contributed by atoms with E-state index in [4.69, 9.17) is 21.1 Å². The molecule has 0 saturated carbocycles. The van der Waals surface area contributed by atoms with Crippen molar-refractivity contribution in [1.82, 2.24) is 0 Å². The van der Waals surface area contributed by atoms with Crippen molar-refractivity contribution in [2.75, 3.05) is 18.6 Å². The smallest absolute Gasteiger partial charge is 0.300 e. The van der Waals surface area contributed by atoms with Crippen LogP contribution in [0.25, 0.3) is 5.76 Å². The molecule has 0 radical (unpaired) electrons. The minimum absolute atomic E-state index is 0.0797. The number of Topliss-reactive ketones (excluding diaryl/α,β-unsaturated/α-hetero) is 1. The van der Waals surface area contributed by atoms with Crippen molar-refractivity contribution < 1.29 is 24.2 Å². The van der Waals surface area contributed by atoms with Gasteiger partial charge in [0.05, 0.1) is 30.4 Å². The molecule has 33 heavy (non-hydrogen) atoms. The Bertz CT molecular complexity index is 1240. The van der Waals surface area contributed by atoms with Gasteiger partial charge in [-0.3, -0.25) is 14.5 Å². The van der Waals surface area contributed by atoms with Gasteiger partial charge in [0, 0.05) is 16.8 Å². The molecule has 1 heterocycles. The van der Waals surface area contributed by atoms with Crippen LogP contribution in [0.3, 0.4) is 0 Å². The first kappa shape index (κ1) is 22.4. The molecule has 0 spiro atoms. The largest absolute Gasteiger partial charge is 0.507 e. The summed E-state index contributed by atoms with van der Waals surface area (Å²) in [5.74, 6) is -0.991. The second-order valence-corrected chi connectivity index (χ2v) is 7.73. The second kappa shape index (κ2) is 9.38. The van der Waals surface area contributed by atoms with Gasteiger partial charge in [-0.1, -0.05) is 48.0 Å². The minimum atomic E-state index is -0.921. The predicted molar refractivity (Wildman–Crippen MR) is 127 cm³/mol. The number of hydrogen-bond donors (Lipinski definition) is 1. The number of methoxy groups -OCH3 is 1. The zero-order chi connectivity index (χ0) is 23.5. The number of hydrogen-bond acceptors (Lipinski definition) is 5. The SMILES string of the molecule is CCOc1ccc(Cl)c(/C(O)=C2\C(=O)C(=O)N(c3ccccc3)C2c2ccccc2OC)c1. The van der Waals surface area contributed by atoms with Crippen LogP contribution in [-0.4, -0.2) is 30.5 Å². The lowest BCUT2D eigenvalue weighted by molar-refractivity contribution is -0.132. The topological polar surface area (TPSA) is 76.1 Å². The third kappa shape index (κ3) is 4.05. The maximum absolute atomic E-state index is 13.3. The summed E-state index contributed by atoms with van der Waals surface area (Å²) in [6.07, 6.45) is 0. The van der Waals surface area contributed by atoms with Gasteiger partial charge in [0.25, 0.3) is 11.7 Å². The van der Waals surface area contributed by atoms with Crippen LogP contribution in [0.15, 0.2) is 78.4 Å². The molecular formula is C26H22ClNO5. The van der Waals surface area contributed by atoms with E-state index in [-0.39, 0.29) is 21.9 Å². The zero-order valence-electron chi connectivity index (χ0n) is 18.1. The van der Waals surface area contributed by atoms with Crippen molar-refractivity contribution >= 4 is 34.7 Å². The molecule has 3 aromatic rings. The molecule has 1 atom stereocenters. The fourth-order valence-electron chi connectivity index (χ4n) is 3.96. The number of rotatable bonds is 6. The summed E-state index contributed by atoms with van der Waals surface area (Å²) in [6, 6.07) is 19.8. The van der Waals surface area contributed by atoms with Gasteiger partial charge in [0.15, 0.2) is 0 Å². The van der Waals surface area contributed by atoms with E-state index in [1.54, 1.807) is 66.7 Å². The maximum atomic E-state index is 13.3. The molecule has 7 heteroatoms. The van der Waals surface area contributed by atoms with Crippen LogP contribution in [0.1, 0.15) is 24.1 Å². The van der Waals surface area contributed by atoms with Crippen molar-refractivity contribution in [2.24, 2.45) is 0 Å². The Morgan fingerprint density at radius 3 is 2.42 bits per heavy atom. The average Bonchev–Trinajstić information content (AvgIpc) is 3.10. The molecule has 3 aromatic carbocycles. The Labute approximate surface area is 196 Å². The summed E-state index contributed by atoms with van der Waals surface area (Å²) in [5, 5.41) is 11.6. The highest BCUT2D eigenvalue weighted by Crippen LogP contribution is 2.45. The van der Waals surface area contributed by atoms with Gasteiger partial charge in [-0.15, -0.1) is 0 Å². The number of carbonyl (C=O) groups excluding carboxylic acids is 2. The van der Waals surface area contributed by atoms with Crippen LogP contribution in [0.4, 0.5) is 5.69 Å². The number of ether oxygens (including phenoxy) is 2. The highest BCUT2D eigenvalue weighted by atomic mass is 35.5. The fourth-order valence-corrected chi connectivity index (χ4v) is 4.17. The Hall–Kier alpha value is -3.77. The fraction of sp³-hybridized carbons (Fsp3) is 0.154. The molecule has 0 aromatic heterocycles. The molecule has 1 fully saturated rings.